The van der Waals surface area contributed by atoms with Crippen LogP contribution < -0.4 is 9.57 Å². The van der Waals surface area contributed by atoms with Crippen LogP contribution in [-0.2, 0) is 19.6 Å². The summed E-state index contributed by atoms with van der Waals surface area (Å²) >= 11 is 0. The third-order valence-electron chi connectivity index (χ3n) is 3.18. The SMILES string of the molecule is CCOC(=O)C/C(C)=N\NS(=O)(=O)c1ccc(Oc2ccccc2)cc1. The minimum Gasteiger partial charge on any atom is -0.466 e. The highest BCUT2D eigenvalue weighted by atomic mass is 32.2. The number of esters is 1. The number of sulfonamides is 1. The first kappa shape index (κ1) is 19.5. The van der Waals surface area contributed by atoms with E-state index in [2.05, 4.69) is 9.93 Å². The number of para-hydroxylation sites is 1. The highest BCUT2D eigenvalue weighted by Crippen LogP contribution is 2.22. The van der Waals surface area contributed by atoms with Gasteiger partial charge in [-0.05, 0) is 50.2 Å². The Balaban J connectivity index is 2.01. The Hall–Kier alpha value is -2.87. The predicted octanol–water partition coefficient (Wildman–Crippen LogP) is 3.09. The van der Waals surface area contributed by atoms with Crippen LogP contribution in [0.1, 0.15) is 20.3 Å². The van der Waals surface area contributed by atoms with Crippen molar-refractivity contribution >= 4 is 21.7 Å². The smallest absolute Gasteiger partial charge is 0.311 e. The van der Waals surface area contributed by atoms with E-state index < -0.39 is 16.0 Å². The molecule has 1 N–H and O–H groups in total. The lowest BCUT2D eigenvalue weighted by molar-refractivity contribution is -0.141. The average Bonchev–Trinajstić information content (AvgIpc) is 2.62. The summed E-state index contributed by atoms with van der Waals surface area (Å²) in [5, 5.41) is 3.73. The maximum absolute atomic E-state index is 12.2. The van der Waals surface area contributed by atoms with Crippen LogP contribution in [0, 0.1) is 0 Å². The largest absolute Gasteiger partial charge is 0.466 e. The topological polar surface area (TPSA) is 94.1 Å². The standard InChI is InChI=1S/C18H20N2O5S/c1-3-24-18(21)13-14(2)19-20-26(22,23)17-11-9-16(10-12-17)25-15-7-5-4-6-8-15/h4-12,20H,3,13H2,1-2H3/b19-14-. The van der Waals surface area contributed by atoms with Crippen LogP contribution in [0.3, 0.4) is 0 Å². The molecule has 138 valence electrons. The summed E-state index contributed by atoms with van der Waals surface area (Å²) in [6, 6.07) is 15.1. The third kappa shape index (κ3) is 5.89. The molecule has 0 bridgehead atoms. The van der Waals surface area contributed by atoms with Gasteiger partial charge in [-0.3, -0.25) is 4.79 Å². The second-order valence-corrected chi connectivity index (χ2v) is 6.97. The number of hydrogen-bond acceptors (Lipinski definition) is 6. The first-order chi connectivity index (χ1) is 12.4. The molecular formula is C18H20N2O5S. The van der Waals surface area contributed by atoms with E-state index in [0.717, 1.165) is 0 Å². The molecule has 0 unspecified atom stereocenters. The first-order valence-corrected chi connectivity index (χ1v) is 9.42. The zero-order valence-corrected chi connectivity index (χ0v) is 15.3. The number of carbonyl (C=O) groups is 1. The molecule has 2 aromatic rings. The lowest BCUT2D eigenvalue weighted by Gasteiger charge is -2.08. The number of hydrogen-bond donors (Lipinski definition) is 1. The van der Waals surface area contributed by atoms with Crippen molar-refractivity contribution in [1.29, 1.82) is 0 Å². The molecule has 0 saturated carbocycles. The van der Waals surface area contributed by atoms with Crippen LogP contribution in [0.2, 0.25) is 0 Å². The lowest BCUT2D eigenvalue weighted by atomic mass is 10.3. The molecule has 26 heavy (non-hydrogen) atoms. The Morgan fingerprint density at radius 3 is 2.27 bits per heavy atom. The number of ether oxygens (including phenoxy) is 2. The van der Waals surface area contributed by atoms with Gasteiger partial charge in [-0.1, -0.05) is 18.2 Å². The maximum Gasteiger partial charge on any atom is 0.311 e. The van der Waals surface area contributed by atoms with Gasteiger partial charge < -0.3 is 9.47 Å². The van der Waals surface area contributed by atoms with E-state index in [1.165, 1.54) is 19.1 Å². The van der Waals surface area contributed by atoms with Crippen molar-refractivity contribution in [3.63, 3.8) is 0 Å². The lowest BCUT2D eigenvalue weighted by Crippen LogP contribution is -2.20. The summed E-state index contributed by atoms with van der Waals surface area (Å²) in [6.45, 7) is 3.49. The number of nitrogens with zero attached hydrogens (tertiary/aromatic N) is 1. The maximum atomic E-state index is 12.2. The number of benzene rings is 2. The molecular weight excluding hydrogens is 356 g/mol. The van der Waals surface area contributed by atoms with Gasteiger partial charge in [0.2, 0.25) is 0 Å². The summed E-state index contributed by atoms with van der Waals surface area (Å²) in [4.78, 5) is 13.5. The molecule has 0 aromatic heterocycles. The Bertz CT molecular complexity index is 862. The third-order valence-corrected chi connectivity index (χ3v) is 4.40. The fraction of sp³-hybridized carbons (Fsp3) is 0.222. The van der Waals surface area contributed by atoms with E-state index in [1.807, 2.05) is 18.2 Å². The minimum atomic E-state index is -3.84. The van der Waals surface area contributed by atoms with Crippen molar-refractivity contribution in [2.45, 2.75) is 25.2 Å². The number of hydrazone groups is 1. The summed E-state index contributed by atoms with van der Waals surface area (Å²) in [7, 11) is -3.84. The zero-order chi connectivity index (χ0) is 19.0. The van der Waals surface area contributed by atoms with E-state index in [1.54, 1.807) is 31.2 Å². The second kappa shape index (κ2) is 9.00. The van der Waals surface area contributed by atoms with Crippen molar-refractivity contribution in [1.82, 2.24) is 4.83 Å². The molecule has 0 fully saturated rings. The summed E-state index contributed by atoms with van der Waals surface area (Å²) in [5.74, 6) is 0.702. The van der Waals surface area contributed by atoms with Gasteiger partial charge in [0.15, 0.2) is 0 Å². The Morgan fingerprint density at radius 1 is 1.04 bits per heavy atom. The molecule has 0 saturated heterocycles. The zero-order valence-electron chi connectivity index (χ0n) is 14.5. The molecule has 0 heterocycles. The molecule has 0 amide bonds. The minimum absolute atomic E-state index is 0.0330. The molecule has 2 aromatic carbocycles. The average molecular weight is 376 g/mol. The molecule has 0 aliphatic heterocycles. The number of nitrogens with one attached hydrogen (secondary N) is 1. The monoisotopic (exact) mass is 376 g/mol. The Morgan fingerprint density at radius 2 is 1.65 bits per heavy atom. The second-order valence-electron chi connectivity index (χ2n) is 5.31. The molecule has 8 heteroatoms. The number of carbonyl (C=O) groups excluding carboxylic acids is 1. The van der Waals surface area contributed by atoms with Crippen LogP contribution >= 0.6 is 0 Å². The predicted molar refractivity (Wildman–Crippen MR) is 97.6 cm³/mol. The van der Waals surface area contributed by atoms with Gasteiger partial charge in [-0.25, -0.2) is 4.83 Å². The van der Waals surface area contributed by atoms with E-state index in [9.17, 15) is 13.2 Å². The van der Waals surface area contributed by atoms with Crippen LogP contribution in [-0.4, -0.2) is 26.7 Å². The van der Waals surface area contributed by atoms with Gasteiger partial charge in [0.25, 0.3) is 10.0 Å². The molecule has 0 spiro atoms. The summed E-state index contributed by atoms with van der Waals surface area (Å²) in [6.07, 6.45) is -0.0831. The van der Waals surface area contributed by atoms with Gasteiger partial charge in [0.1, 0.15) is 11.5 Å². The van der Waals surface area contributed by atoms with Crippen molar-refractivity contribution in [2.24, 2.45) is 5.10 Å². The van der Waals surface area contributed by atoms with Crippen molar-refractivity contribution in [3.05, 3.63) is 54.6 Å². The van der Waals surface area contributed by atoms with Crippen molar-refractivity contribution < 1.29 is 22.7 Å². The van der Waals surface area contributed by atoms with Gasteiger partial charge in [0, 0.05) is 5.71 Å². The summed E-state index contributed by atoms with van der Waals surface area (Å²) in [5.41, 5.74) is 0.302. The number of rotatable bonds is 8. The van der Waals surface area contributed by atoms with Gasteiger partial charge >= 0.3 is 5.97 Å². The van der Waals surface area contributed by atoms with E-state index in [-0.39, 0.29) is 17.9 Å². The fourth-order valence-corrected chi connectivity index (χ4v) is 2.84. The summed E-state index contributed by atoms with van der Waals surface area (Å²) < 4.78 is 34.9. The van der Waals surface area contributed by atoms with Crippen LogP contribution in [0.25, 0.3) is 0 Å². The highest BCUT2D eigenvalue weighted by Gasteiger charge is 2.14. The van der Waals surface area contributed by atoms with Gasteiger partial charge in [0.05, 0.1) is 17.9 Å². The van der Waals surface area contributed by atoms with Crippen LogP contribution in [0.15, 0.2) is 64.6 Å². The normalized spacial score (nSPS) is 11.7. The van der Waals surface area contributed by atoms with E-state index in [0.29, 0.717) is 17.2 Å². The molecule has 0 radical (unpaired) electrons. The van der Waals surface area contributed by atoms with Gasteiger partial charge in [-0.15, -0.1) is 0 Å². The Labute approximate surface area is 152 Å². The first-order valence-electron chi connectivity index (χ1n) is 7.94. The fourth-order valence-electron chi connectivity index (χ4n) is 1.96. The van der Waals surface area contributed by atoms with E-state index in [4.69, 9.17) is 9.47 Å². The molecule has 0 aliphatic carbocycles. The van der Waals surface area contributed by atoms with Crippen molar-refractivity contribution in [3.8, 4) is 11.5 Å². The van der Waals surface area contributed by atoms with Crippen molar-refractivity contribution in [2.75, 3.05) is 6.61 Å². The quantitative estimate of drug-likeness (QED) is 0.434. The van der Waals surface area contributed by atoms with Crippen LogP contribution in [0.4, 0.5) is 0 Å². The highest BCUT2D eigenvalue weighted by molar-refractivity contribution is 7.89. The molecule has 7 nitrogen and oxygen atoms in total. The Kier molecular flexibility index (Phi) is 6.74. The molecule has 0 atom stereocenters. The molecule has 2 rings (SSSR count). The van der Waals surface area contributed by atoms with Gasteiger partial charge in [-0.2, -0.15) is 13.5 Å². The molecule has 0 aliphatic rings. The van der Waals surface area contributed by atoms with Crippen LogP contribution in [0.5, 0.6) is 11.5 Å². The van der Waals surface area contributed by atoms with E-state index >= 15 is 0 Å².